The maximum atomic E-state index is 12.5. The highest BCUT2D eigenvalue weighted by molar-refractivity contribution is 6.06. The summed E-state index contributed by atoms with van der Waals surface area (Å²) in [5, 5.41) is 5.22. The summed E-state index contributed by atoms with van der Waals surface area (Å²) < 4.78 is 5.11. The molecule has 1 aromatic heterocycles. The van der Waals surface area contributed by atoms with E-state index in [1.54, 1.807) is 19.2 Å². The SMILES string of the molecule is COc1ccc(CCN2C(=O)N[C@@H](CC(=O)Nc3cccc(C)n3)C2=O)cc1. The van der Waals surface area contributed by atoms with Crippen molar-refractivity contribution in [1.82, 2.24) is 15.2 Å². The van der Waals surface area contributed by atoms with E-state index in [1.807, 2.05) is 37.3 Å². The van der Waals surface area contributed by atoms with Crippen LogP contribution in [0.1, 0.15) is 17.7 Å². The van der Waals surface area contributed by atoms with Gasteiger partial charge in [-0.15, -0.1) is 0 Å². The van der Waals surface area contributed by atoms with Gasteiger partial charge in [-0.05, 0) is 43.2 Å². The number of ether oxygens (including phenoxy) is 1. The molecule has 28 heavy (non-hydrogen) atoms. The van der Waals surface area contributed by atoms with E-state index in [0.717, 1.165) is 21.9 Å². The van der Waals surface area contributed by atoms with Gasteiger partial charge in [0.1, 0.15) is 17.6 Å². The zero-order valence-electron chi connectivity index (χ0n) is 15.8. The molecule has 0 aliphatic carbocycles. The molecule has 0 radical (unpaired) electrons. The van der Waals surface area contributed by atoms with Gasteiger partial charge in [-0.2, -0.15) is 0 Å². The zero-order valence-corrected chi connectivity index (χ0v) is 15.8. The number of carbonyl (C=O) groups excluding carboxylic acids is 3. The monoisotopic (exact) mass is 382 g/mol. The molecule has 1 saturated heterocycles. The molecule has 3 rings (SSSR count). The molecule has 1 aliphatic heterocycles. The van der Waals surface area contributed by atoms with E-state index in [2.05, 4.69) is 15.6 Å². The first kappa shape index (κ1) is 19.3. The van der Waals surface area contributed by atoms with E-state index in [4.69, 9.17) is 4.74 Å². The minimum absolute atomic E-state index is 0.140. The average Bonchev–Trinajstić information content (AvgIpc) is 2.93. The van der Waals surface area contributed by atoms with Crippen molar-refractivity contribution in [3.63, 3.8) is 0 Å². The van der Waals surface area contributed by atoms with Crippen LogP contribution in [0.5, 0.6) is 5.75 Å². The number of imide groups is 1. The number of nitrogens with one attached hydrogen (secondary N) is 2. The maximum absolute atomic E-state index is 12.5. The molecule has 0 bridgehead atoms. The number of hydrogen-bond donors (Lipinski definition) is 2. The Hall–Kier alpha value is -3.42. The lowest BCUT2D eigenvalue weighted by atomic mass is 10.1. The lowest BCUT2D eigenvalue weighted by Crippen LogP contribution is -2.35. The van der Waals surface area contributed by atoms with Gasteiger partial charge in [0, 0.05) is 12.2 Å². The summed E-state index contributed by atoms with van der Waals surface area (Å²) in [6, 6.07) is 11.3. The van der Waals surface area contributed by atoms with Crippen molar-refractivity contribution in [1.29, 1.82) is 0 Å². The summed E-state index contributed by atoms with van der Waals surface area (Å²) in [5.41, 5.74) is 1.75. The number of carbonyl (C=O) groups is 3. The number of nitrogens with zero attached hydrogens (tertiary/aromatic N) is 2. The summed E-state index contributed by atoms with van der Waals surface area (Å²) in [6.07, 6.45) is 0.383. The molecular weight excluding hydrogens is 360 g/mol. The van der Waals surface area contributed by atoms with Gasteiger partial charge in [-0.25, -0.2) is 9.78 Å². The van der Waals surface area contributed by atoms with E-state index in [1.165, 1.54) is 0 Å². The number of aryl methyl sites for hydroxylation is 1. The molecule has 4 amide bonds. The number of urea groups is 1. The lowest BCUT2D eigenvalue weighted by molar-refractivity contribution is -0.129. The van der Waals surface area contributed by atoms with Crippen molar-refractivity contribution in [3.05, 3.63) is 53.7 Å². The first-order chi connectivity index (χ1) is 13.5. The van der Waals surface area contributed by atoms with Gasteiger partial charge in [0.25, 0.3) is 5.91 Å². The molecule has 8 heteroatoms. The fourth-order valence-corrected chi connectivity index (χ4v) is 2.95. The molecule has 2 N–H and O–H groups in total. The van der Waals surface area contributed by atoms with Crippen LogP contribution in [0, 0.1) is 6.92 Å². The highest BCUT2D eigenvalue weighted by Crippen LogP contribution is 2.15. The Labute approximate surface area is 162 Å². The second-order valence-electron chi connectivity index (χ2n) is 6.51. The molecule has 0 unspecified atom stereocenters. The molecule has 2 heterocycles. The molecule has 1 aromatic carbocycles. The maximum Gasteiger partial charge on any atom is 0.324 e. The first-order valence-electron chi connectivity index (χ1n) is 8.94. The third-order valence-corrected chi connectivity index (χ3v) is 4.44. The van der Waals surface area contributed by atoms with Gasteiger partial charge in [0.05, 0.1) is 13.5 Å². The summed E-state index contributed by atoms with van der Waals surface area (Å²) in [4.78, 5) is 42.2. The van der Waals surface area contributed by atoms with E-state index >= 15 is 0 Å². The first-order valence-corrected chi connectivity index (χ1v) is 8.94. The van der Waals surface area contributed by atoms with Crippen molar-refractivity contribution in [3.8, 4) is 5.75 Å². The Morgan fingerprint density at radius 1 is 1.21 bits per heavy atom. The van der Waals surface area contributed by atoms with Crippen molar-refractivity contribution in [2.24, 2.45) is 0 Å². The van der Waals surface area contributed by atoms with Gasteiger partial charge < -0.3 is 15.4 Å². The minimum Gasteiger partial charge on any atom is -0.497 e. The standard InChI is InChI=1S/C20H22N4O4/c1-13-4-3-5-17(21-13)23-18(25)12-16-19(26)24(20(27)22-16)11-10-14-6-8-15(28-2)9-7-14/h3-9,16H,10-12H2,1-2H3,(H,22,27)(H,21,23,25)/t16-/m0/s1. The van der Waals surface area contributed by atoms with Crippen molar-refractivity contribution in [2.75, 3.05) is 19.0 Å². The number of amides is 4. The topological polar surface area (TPSA) is 101 Å². The predicted octanol–water partition coefficient (Wildman–Crippen LogP) is 1.89. The quantitative estimate of drug-likeness (QED) is 0.712. The van der Waals surface area contributed by atoms with Gasteiger partial charge in [0.2, 0.25) is 5.91 Å². The van der Waals surface area contributed by atoms with Crippen LogP contribution in [0.25, 0.3) is 0 Å². The molecular formula is C20H22N4O4. The molecule has 0 saturated carbocycles. The van der Waals surface area contributed by atoms with Crippen LogP contribution in [0.2, 0.25) is 0 Å². The van der Waals surface area contributed by atoms with Crippen molar-refractivity contribution in [2.45, 2.75) is 25.8 Å². The average molecular weight is 382 g/mol. The van der Waals surface area contributed by atoms with Gasteiger partial charge >= 0.3 is 6.03 Å². The second kappa shape index (κ2) is 8.51. The molecule has 146 valence electrons. The highest BCUT2D eigenvalue weighted by Gasteiger charge is 2.38. The van der Waals surface area contributed by atoms with Crippen LogP contribution < -0.4 is 15.4 Å². The zero-order chi connectivity index (χ0) is 20.1. The Morgan fingerprint density at radius 2 is 1.96 bits per heavy atom. The van der Waals surface area contributed by atoms with Gasteiger partial charge in [-0.3, -0.25) is 14.5 Å². The number of pyridine rings is 1. The molecule has 8 nitrogen and oxygen atoms in total. The van der Waals surface area contributed by atoms with Crippen LogP contribution in [0.3, 0.4) is 0 Å². The fraction of sp³-hybridized carbons (Fsp3) is 0.300. The minimum atomic E-state index is -0.867. The second-order valence-corrected chi connectivity index (χ2v) is 6.51. The molecule has 1 atom stereocenters. The smallest absolute Gasteiger partial charge is 0.324 e. The molecule has 0 spiro atoms. The van der Waals surface area contributed by atoms with E-state index in [0.29, 0.717) is 12.2 Å². The number of benzene rings is 1. The van der Waals surface area contributed by atoms with Crippen LogP contribution in [-0.4, -0.2) is 47.4 Å². The molecule has 1 aliphatic rings. The number of hydrogen-bond acceptors (Lipinski definition) is 5. The van der Waals surface area contributed by atoms with Gasteiger partial charge in [0.15, 0.2) is 0 Å². The van der Waals surface area contributed by atoms with Crippen LogP contribution >= 0.6 is 0 Å². The van der Waals surface area contributed by atoms with Crippen LogP contribution in [-0.2, 0) is 16.0 Å². The van der Waals surface area contributed by atoms with E-state index < -0.39 is 18.0 Å². The Bertz CT molecular complexity index is 882. The normalized spacial score (nSPS) is 16.1. The summed E-state index contributed by atoms with van der Waals surface area (Å²) in [6.45, 7) is 2.06. The highest BCUT2D eigenvalue weighted by atomic mass is 16.5. The Balaban J connectivity index is 1.54. The van der Waals surface area contributed by atoms with Crippen LogP contribution in [0.15, 0.2) is 42.5 Å². The number of methoxy groups -OCH3 is 1. The number of aromatic nitrogens is 1. The lowest BCUT2D eigenvalue weighted by Gasteiger charge is -2.13. The van der Waals surface area contributed by atoms with Gasteiger partial charge in [-0.1, -0.05) is 18.2 Å². The van der Waals surface area contributed by atoms with E-state index in [9.17, 15) is 14.4 Å². The van der Waals surface area contributed by atoms with E-state index in [-0.39, 0.29) is 18.9 Å². The Morgan fingerprint density at radius 3 is 2.64 bits per heavy atom. The molecule has 2 aromatic rings. The van der Waals surface area contributed by atoms with Crippen LogP contribution in [0.4, 0.5) is 10.6 Å². The fourth-order valence-electron chi connectivity index (χ4n) is 2.95. The predicted molar refractivity (Wildman–Crippen MR) is 103 cm³/mol. The number of anilines is 1. The van der Waals surface area contributed by atoms with Crippen molar-refractivity contribution >= 4 is 23.7 Å². The summed E-state index contributed by atoms with van der Waals surface area (Å²) in [5.74, 6) is 0.380. The third kappa shape index (κ3) is 4.64. The Kier molecular flexibility index (Phi) is 5.88. The summed E-state index contributed by atoms with van der Waals surface area (Å²) in [7, 11) is 1.59. The van der Waals surface area contributed by atoms with Crippen molar-refractivity contribution < 1.29 is 19.1 Å². The third-order valence-electron chi connectivity index (χ3n) is 4.44. The number of rotatable bonds is 7. The largest absolute Gasteiger partial charge is 0.497 e. The summed E-state index contributed by atoms with van der Waals surface area (Å²) >= 11 is 0. The molecule has 1 fully saturated rings.